The second-order valence-corrected chi connectivity index (χ2v) is 12.9. The third kappa shape index (κ3) is 7.96. The van der Waals surface area contributed by atoms with E-state index in [1.54, 1.807) is 48.5 Å². The van der Waals surface area contributed by atoms with Crippen molar-refractivity contribution in [2.45, 2.75) is 37.8 Å². The minimum absolute atomic E-state index is 0.0268. The number of carbonyl (C=O) groups excluding carboxylic acids is 2. The number of likely N-dealkylation sites (N-methyl/N-ethyl adjacent to an activating group) is 1. The monoisotopic (exact) mass is 637 g/mol. The van der Waals surface area contributed by atoms with Crippen LogP contribution in [0.3, 0.4) is 0 Å². The van der Waals surface area contributed by atoms with E-state index in [-0.39, 0.29) is 29.5 Å². The lowest BCUT2D eigenvalue weighted by molar-refractivity contribution is -0.139. The molecule has 43 heavy (non-hydrogen) atoms. The van der Waals surface area contributed by atoms with Gasteiger partial charge in [0.15, 0.2) is 0 Å². The summed E-state index contributed by atoms with van der Waals surface area (Å²) >= 11 is 12.5. The molecule has 0 bridgehead atoms. The number of hydrogen-bond acceptors (Lipinski definition) is 4. The van der Waals surface area contributed by atoms with Crippen LogP contribution in [0, 0.1) is 13.8 Å². The van der Waals surface area contributed by atoms with Gasteiger partial charge in [0.1, 0.15) is 12.6 Å². The van der Waals surface area contributed by atoms with Crippen molar-refractivity contribution in [3.05, 3.63) is 129 Å². The average Bonchev–Trinajstić information content (AvgIpc) is 3.00. The Morgan fingerprint density at radius 1 is 0.837 bits per heavy atom. The highest BCUT2D eigenvalue weighted by Crippen LogP contribution is 2.29. The highest BCUT2D eigenvalue weighted by Gasteiger charge is 2.34. The van der Waals surface area contributed by atoms with Crippen molar-refractivity contribution in [1.82, 2.24) is 10.2 Å². The number of rotatable bonds is 11. The van der Waals surface area contributed by atoms with Gasteiger partial charge in [-0.05, 0) is 66.9 Å². The first kappa shape index (κ1) is 32.1. The van der Waals surface area contributed by atoms with Crippen LogP contribution in [-0.4, -0.2) is 44.8 Å². The molecule has 0 saturated heterocycles. The minimum Gasteiger partial charge on any atom is -0.357 e. The van der Waals surface area contributed by atoms with Crippen molar-refractivity contribution < 1.29 is 18.0 Å². The second kappa shape index (κ2) is 14.1. The Kier molecular flexibility index (Phi) is 10.5. The molecule has 0 spiro atoms. The summed E-state index contributed by atoms with van der Waals surface area (Å²) in [5, 5.41) is 3.56. The fourth-order valence-corrected chi connectivity index (χ4v) is 6.32. The predicted molar refractivity (Wildman–Crippen MR) is 172 cm³/mol. The molecule has 0 fully saturated rings. The molecule has 4 rings (SSSR count). The molecule has 2 amide bonds. The number of nitrogens with zero attached hydrogens (tertiary/aromatic N) is 2. The molecule has 0 unspecified atom stereocenters. The molecule has 0 aliphatic rings. The van der Waals surface area contributed by atoms with Gasteiger partial charge in [-0.1, -0.05) is 89.4 Å². The third-order valence-electron chi connectivity index (χ3n) is 7.11. The number of nitrogens with one attached hydrogen (secondary N) is 1. The SMILES string of the molecule is CNC(=O)[C@H](Cc1ccccc1)N(Cc1ccc(Cl)cc1)C(=O)CN(c1ccc(C)c(Cl)c1)S(=O)(=O)c1ccc(C)cc1. The first-order valence-electron chi connectivity index (χ1n) is 13.6. The molecule has 10 heteroatoms. The molecule has 224 valence electrons. The van der Waals surface area contributed by atoms with Crippen LogP contribution in [0.2, 0.25) is 10.0 Å². The van der Waals surface area contributed by atoms with E-state index in [4.69, 9.17) is 23.2 Å². The summed E-state index contributed by atoms with van der Waals surface area (Å²) in [6.07, 6.45) is 0.223. The molecule has 0 saturated carbocycles. The summed E-state index contributed by atoms with van der Waals surface area (Å²) in [6, 6.07) is 26.6. The highest BCUT2D eigenvalue weighted by atomic mass is 35.5. The summed E-state index contributed by atoms with van der Waals surface area (Å²) in [4.78, 5) is 29.1. The van der Waals surface area contributed by atoms with E-state index < -0.39 is 28.5 Å². The summed E-state index contributed by atoms with van der Waals surface area (Å²) in [5.41, 5.74) is 3.46. The molecular weight excluding hydrogens is 605 g/mol. The van der Waals surface area contributed by atoms with Gasteiger partial charge in [-0.15, -0.1) is 0 Å². The van der Waals surface area contributed by atoms with E-state index in [0.29, 0.717) is 10.0 Å². The van der Waals surface area contributed by atoms with Gasteiger partial charge in [-0.2, -0.15) is 0 Å². The normalized spacial score (nSPS) is 11.9. The van der Waals surface area contributed by atoms with Crippen LogP contribution in [0.1, 0.15) is 22.3 Å². The van der Waals surface area contributed by atoms with Gasteiger partial charge < -0.3 is 10.2 Å². The van der Waals surface area contributed by atoms with E-state index in [1.165, 1.54) is 30.1 Å². The van der Waals surface area contributed by atoms with Crippen LogP contribution in [0.4, 0.5) is 5.69 Å². The Labute approximate surface area is 263 Å². The second-order valence-electron chi connectivity index (χ2n) is 10.2. The minimum atomic E-state index is -4.21. The van der Waals surface area contributed by atoms with Crippen molar-refractivity contribution in [1.29, 1.82) is 0 Å². The van der Waals surface area contributed by atoms with Crippen LogP contribution in [0.25, 0.3) is 0 Å². The van der Waals surface area contributed by atoms with Crippen LogP contribution >= 0.6 is 23.2 Å². The summed E-state index contributed by atoms with van der Waals surface area (Å²) in [5.74, 6) is -0.940. The van der Waals surface area contributed by atoms with Crippen molar-refractivity contribution >= 4 is 50.7 Å². The summed E-state index contributed by atoms with van der Waals surface area (Å²) in [7, 11) is -2.70. The Morgan fingerprint density at radius 3 is 2.09 bits per heavy atom. The molecular formula is C33H33Cl2N3O4S. The number of carbonyl (C=O) groups is 2. The molecule has 4 aromatic rings. The van der Waals surface area contributed by atoms with Crippen LogP contribution in [-0.2, 0) is 32.6 Å². The molecule has 7 nitrogen and oxygen atoms in total. The maximum absolute atomic E-state index is 14.3. The van der Waals surface area contributed by atoms with Gasteiger partial charge >= 0.3 is 0 Å². The first-order valence-corrected chi connectivity index (χ1v) is 15.8. The Bertz CT molecular complexity index is 1680. The van der Waals surface area contributed by atoms with Crippen molar-refractivity contribution in [3.8, 4) is 0 Å². The van der Waals surface area contributed by atoms with Gasteiger partial charge in [0.25, 0.3) is 10.0 Å². The van der Waals surface area contributed by atoms with Crippen LogP contribution in [0.5, 0.6) is 0 Å². The van der Waals surface area contributed by atoms with Crippen molar-refractivity contribution in [3.63, 3.8) is 0 Å². The molecule has 1 N–H and O–H groups in total. The van der Waals surface area contributed by atoms with E-state index in [9.17, 15) is 18.0 Å². The van der Waals surface area contributed by atoms with Gasteiger partial charge in [-0.25, -0.2) is 8.42 Å². The molecule has 0 heterocycles. The standard InChI is InChI=1S/C33H33Cl2N3O4S/c1-23-9-17-29(18-10-23)43(41,42)38(28-16-11-24(2)30(35)20-28)22-32(39)37(21-26-12-14-27(34)15-13-26)31(33(40)36-3)19-25-7-5-4-6-8-25/h4-18,20,31H,19,21-22H2,1-3H3,(H,36,40)/t31-/m0/s1. The Morgan fingerprint density at radius 2 is 1.49 bits per heavy atom. The predicted octanol–water partition coefficient (Wildman–Crippen LogP) is 6.19. The van der Waals surface area contributed by atoms with Gasteiger partial charge in [-0.3, -0.25) is 13.9 Å². The van der Waals surface area contributed by atoms with Gasteiger partial charge in [0.2, 0.25) is 11.8 Å². The number of amides is 2. The van der Waals surface area contributed by atoms with Crippen molar-refractivity contribution in [2.24, 2.45) is 0 Å². The third-order valence-corrected chi connectivity index (χ3v) is 9.56. The number of hydrogen-bond donors (Lipinski definition) is 1. The van der Waals surface area contributed by atoms with Crippen LogP contribution < -0.4 is 9.62 Å². The van der Waals surface area contributed by atoms with E-state index in [0.717, 1.165) is 26.6 Å². The number of benzene rings is 4. The molecule has 0 aromatic heterocycles. The maximum atomic E-state index is 14.3. The number of aryl methyl sites for hydroxylation is 2. The van der Waals surface area contributed by atoms with E-state index >= 15 is 0 Å². The Balaban J connectivity index is 1.80. The lowest BCUT2D eigenvalue weighted by Crippen LogP contribution is -2.53. The lowest BCUT2D eigenvalue weighted by Gasteiger charge is -2.33. The largest absolute Gasteiger partial charge is 0.357 e. The summed E-state index contributed by atoms with van der Waals surface area (Å²) in [6.45, 7) is 3.15. The molecule has 0 aliphatic carbocycles. The zero-order chi connectivity index (χ0) is 31.1. The first-order chi connectivity index (χ1) is 20.5. The maximum Gasteiger partial charge on any atom is 0.264 e. The Hall–Kier alpha value is -3.85. The average molecular weight is 639 g/mol. The zero-order valence-corrected chi connectivity index (χ0v) is 26.5. The molecule has 0 aliphatic heterocycles. The van der Waals surface area contributed by atoms with Gasteiger partial charge in [0, 0.05) is 30.1 Å². The fraction of sp³-hybridized carbons (Fsp3) is 0.212. The molecule has 1 atom stereocenters. The topological polar surface area (TPSA) is 86.8 Å². The quantitative estimate of drug-likeness (QED) is 0.212. The van der Waals surface area contributed by atoms with Gasteiger partial charge in [0.05, 0.1) is 10.6 Å². The van der Waals surface area contributed by atoms with Crippen molar-refractivity contribution in [2.75, 3.05) is 17.9 Å². The number of halogens is 2. The smallest absolute Gasteiger partial charge is 0.264 e. The molecule has 4 aromatic carbocycles. The van der Waals surface area contributed by atoms with Crippen LogP contribution in [0.15, 0.2) is 102 Å². The fourth-order valence-electron chi connectivity index (χ4n) is 4.61. The van der Waals surface area contributed by atoms with E-state index in [2.05, 4.69) is 5.32 Å². The highest BCUT2D eigenvalue weighted by molar-refractivity contribution is 7.92. The zero-order valence-electron chi connectivity index (χ0n) is 24.1. The van der Waals surface area contributed by atoms with E-state index in [1.807, 2.05) is 44.2 Å². The summed E-state index contributed by atoms with van der Waals surface area (Å²) < 4.78 is 29.2. The number of sulfonamides is 1. The lowest BCUT2D eigenvalue weighted by atomic mass is 10.0. The molecule has 0 radical (unpaired) electrons. The number of anilines is 1.